The van der Waals surface area contributed by atoms with E-state index in [-0.39, 0.29) is 5.78 Å². The Hall–Kier alpha value is -2.91. The average molecular weight is 348 g/mol. The van der Waals surface area contributed by atoms with Gasteiger partial charge in [0.1, 0.15) is 5.52 Å². The first-order valence-corrected chi connectivity index (χ1v) is 8.27. The number of hydrogen-bond acceptors (Lipinski definition) is 3. The predicted octanol–water partition coefficient (Wildman–Crippen LogP) is 5.69. The highest BCUT2D eigenvalue weighted by Gasteiger charge is 2.20. The van der Waals surface area contributed by atoms with E-state index in [4.69, 9.17) is 16.0 Å². The molecule has 122 valence electrons. The molecule has 3 aromatic carbocycles. The van der Waals surface area contributed by atoms with E-state index in [0.29, 0.717) is 27.6 Å². The second-order valence-corrected chi connectivity index (χ2v) is 6.26. The number of ketones is 1. The zero-order valence-electron chi connectivity index (χ0n) is 13.5. The average Bonchev–Trinajstić information content (AvgIpc) is 3.05. The fourth-order valence-electron chi connectivity index (χ4n) is 2.88. The minimum absolute atomic E-state index is 0.0855. The number of benzene rings is 3. The number of fused-ring (bicyclic) bond motifs is 1. The van der Waals surface area contributed by atoms with Crippen LogP contribution in [0.3, 0.4) is 0 Å². The molecule has 0 fully saturated rings. The number of rotatable bonds is 3. The van der Waals surface area contributed by atoms with E-state index < -0.39 is 0 Å². The summed E-state index contributed by atoms with van der Waals surface area (Å²) in [5, 5.41) is 0.597. The molecule has 0 saturated heterocycles. The molecule has 0 unspecified atom stereocenters. The molecule has 1 aromatic heterocycles. The van der Waals surface area contributed by atoms with Gasteiger partial charge in [0.2, 0.25) is 5.89 Å². The molecular weight excluding hydrogens is 334 g/mol. The maximum atomic E-state index is 13.0. The molecule has 25 heavy (non-hydrogen) atoms. The van der Waals surface area contributed by atoms with Crippen LogP contribution in [0.4, 0.5) is 0 Å². The van der Waals surface area contributed by atoms with Crippen LogP contribution in [-0.4, -0.2) is 10.8 Å². The van der Waals surface area contributed by atoms with Gasteiger partial charge in [-0.3, -0.25) is 4.79 Å². The Morgan fingerprint density at radius 3 is 2.48 bits per heavy atom. The van der Waals surface area contributed by atoms with Crippen LogP contribution in [0.2, 0.25) is 5.02 Å². The maximum absolute atomic E-state index is 13.0. The van der Waals surface area contributed by atoms with Crippen molar-refractivity contribution in [3.05, 3.63) is 88.4 Å². The summed E-state index contributed by atoms with van der Waals surface area (Å²) in [4.78, 5) is 17.6. The van der Waals surface area contributed by atoms with E-state index in [1.165, 1.54) is 0 Å². The smallest absolute Gasteiger partial charge is 0.228 e. The molecule has 4 heteroatoms. The number of nitrogens with zero attached hydrogens (tertiary/aromatic N) is 1. The molecular formula is C21H14ClNO2. The summed E-state index contributed by atoms with van der Waals surface area (Å²) in [5.41, 5.74) is 4.27. The van der Waals surface area contributed by atoms with Crippen molar-refractivity contribution in [2.75, 3.05) is 0 Å². The quantitative estimate of drug-likeness (QED) is 0.447. The van der Waals surface area contributed by atoms with Crippen molar-refractivity contribution in [3.8, 4) is 11.5 Å². The molecule has 0 saturated carbocycles. The van der Waals surface area contributed by atoms with E-state index in [0.717, 1.165) is 16.6 Å². The number of halogens is 1. The Kier molecular flexibility index (Phi) is 3.86. The van der Waals surface area contributed by atoms with Gasteiger partial charge in [-0.2, -0.15) is 0 Å². The molecule has 0 radical (unpaired) electrons. The van der Waals surface area contributed by atoms with Gasteiger partial charge in [0.05, 0.1) is 5.56 Å². The van der Waals surface area contributed by atoms with E-state index in [9.17, 15) is 4.79 Å². The predicted molar refractivity (Wildman–Crippen MR) is 99.1 cm³/mol. The maximum Gasteiger partial charge on any atom is 0.228 e. The topological polar surface area (TPSA) is 43.1 Å². The minimum atomic E-state index is -0.0855. The molecule has 0 aliphatic carbocycles. The number of hydrogen-bond donors (Lipinski definition) is 0. The van der Waals surface area contributed by atoms with Crippen LogP contribution in [0.1, 0.15) is 21.5 Å². The number of carbonyl (C=O) groups excluding carboxylic acids is 1. The van der Waals surface area contributed by atoms with Crippen LogP contribution in [0.5, 0.6) is 0 Å². The summed E-state index contributed by atoms with van der Waals surface area (Å²) in [6, 6.07) is 20.0. The van der Waals surface area contributed by atoms with E-state index >= 15 is 0 Å². The van der Waals surface area contributed by atoms with Crippen LogP contribution in [0, 0.1) is 6.92 Å². The summed E-state index contributed by atoms with van der Waals surface area (Å²) < 4.78 is 5.90. The van der Waals surface area contributed by atoms with Crippen LogP contribution in [-0.2, 0) is 0 Å². The van der Waals surface area contributed by atoms with Gasteiger partial charge in [-0.15, -0.1) is 0 Å². The molecule has 3 nitrogen and oxygen atoms in total. The zero-order chi connectivity index (χ0) is 17.4. The summed E-state index contributed by atoms with van der Waals surface area (Å²) in [7, 11) is 0. The number of aromatic nitrogens is 1. The Morgan fingerprint density at radius 1 is 0.960 bits per heavy atom. The van der Waals surface area contributed by atoms with E-state index in [1.54, 1.807) is 30.3 Å². The molecule has 4 aromatic rings. The van der Waals surface area contributed by atoms with Crippen LogP contribution < -0.4 is 0 Å². The largest absolute Gasteiger partial charge is 0.436 e. The van der Waals surface area contributed by atoms with Crippen LogP contribution in [0.15, 0.2) is 71.1 Å². The van der Waals surface area contributed by atoms with Gasteiger partial charge in [-0.05, 0) is 48.9 Å². The lowest BCUT2D eigenvalue weighted by Crippen LogP contribution is -2.04. The van der Waals surface area contributed by atoms with Crippen molar-refractivity contribution in [3.63, 3.8) is 0 Å². The second kappa shape index (κ2) is 6.19. The SMILES string of the molecule is Cc1cccc(C(=O)c2ccc(Cl)cc2)c1-c1nc2ccccc2o1. The van der Waals surface area contributed by atoms with Crippen molar-refractivity contribution in [1.82, 2.24) is 4.98 Å². The van der Waals surface area contributed by atoms with Crippen molar-refractivity contribution in [2.24, 2.45) is 0 Å². The fraction of sp³-hybridized carbons (Fsp3) is 0.0476. The van der Waals surface area contributed by atoms with Gasteiger partial charge in [-0.25, -0.2) is 4.98 Å². The summed E-state index contributed by atoms with van der Waals surface area (Å²) >= 11 is 5.92. The van der Waals surface area contributed by atoms with Gasteiger partial charge < -0.3 is 4.42 Å². The fourth-order valence-corrected chi connectivity index (χ4v) is 3.00. The van der Waals surface area contributed by atoms with Gasteiger partial charge in [0.15, 0.2) is 11.4 Å². The molecule has 0 atom stereocenters. The van der Waals surface area contributed by atoms with Crippen molar-refractivity contribution >= 4 is 28.5 Å². The van der Waals surface area contributed by atoms with E-state index in [1.807, 2.05) is 43.3 Å². The Bertz CT molecular complexity index is 1050. The number of aryl methyl sites for hydroxylation is 1. The number of carbonyl (C=O) groups is 1. The molecule has 0 N–H and O–H groups in total. The number of oxazole rings is 1. The molecule has 0 spiro atoms. The summed E-state index contributed by atoms with van der Waals surface area (Å²) in [5.74, 6) is 0.370. The second-order valence-electron chi connectivity index (χ2n) is 5.82. The monoisotopic (exact) mass is 347 g/mol. The minimum Gasteiger partial charge on any atom is -0.436 e. The van der Waals surface area contributed by atoms with Gasteiger partial charge in [-0.1, -0.05) is 41.9 Å². The lowest BCUT2D eigenvalue weighted by molar-refractivity contribution is 0.103. The van der Waals surface area contributed by atoms with Crippen molar-refractivity contribution in [1.29, 1.82) is 0 Å². The third-order valence-corrected chi connectivity index (χ3v) is 4.38. The summed E-state index contributed by atoms with van der Waals surface area (Å²) in [6.07, 6.45) is 0. The van der Waals surface area contributed by atoms with Gasteiger partial charge >= 0.3 is 0 Å². The third kappa shape index (κ3) is 2.83. The lowest BCUT2D eigenvalue weighted by atomic mass is 9.95. The Morgan fingerprint density at radius 2 is 1.72 bits per heavy atom. The highest BCUT2D eigenvalue weighted by atomic mass is 35.5. The molecule has 0 aliphatic rings. The van der Waals surface area contributed by atoms with Crippen LogP contribution in [0.25, 0.3) is 22.6 Å². The van der Waals surface area contributed by atoms with Gasteiger partial charge in [0, 0.05) is 16.1 Å². The molecule has 4 rings (SSSR count). The molecule has 0 bridgehead atoms. The number of para-hydroxylation sites is 2. The molecule has 0 aliphatic heterocycles. The van der Waals surface area contributed by atoms with Crippen molar-refractivity contribution < 1.29 is 9.21 Å². The highest BCUT2D eigenvalue weighted by Crippen LogP contribution is 2.31. The first-order valence-electron chi connectivity index (χ1n) is 7.89. The zero-order valence-corrected chi connectivity index (χ0v) is 14.2. The summed E-state index contributed by atoms with van der Waals surface area (Å²) in [6.45, 7) is 1.95. The van der Waals surface area contributed by atoms with Crippen LogP contribution >= 0.6 is 11.6 Å². The molecule has 1 heterocycles. The molecule has 0 amide bonds. The Balaban J connectivity index is 1.88. The first kappa shape index (κ1) is 15.6. The first-order chi connectivity index (χ1) is 12.1. The lowest BCUT2D eigenvalue weighted by Gasteiger charge is -2.09. The Labute approximate surface area is 149 Å². The van der Waals surface area contributed by atoms with E-state index in [2.05, 4.69) is 4.98 Å². The van der Waals surface area contributed by atoms with Gasteiger partial charge in [0.25, 0.3) is 0 Å². The standard InChI is InChI=1S/C21H14ClNO2/c1-13-5-4-6-16(20(24)14-9-11-15(22)12-10-14)19(13)21-23-17-7-2-3-8-18(17)25-21/h2-12H,1H3. The van der Waals surface area contributed by atoms with Crippen molar-refractivity contribution in [2.45, 2.75) is 6.92 Å². The third-order valence-electron chi connectivity index (χ3n) is 4.13. The normalized spacial score (nSPS) is 11.0. The highest BCUT2D eigenvalue weighted by molar-refractivity contribution is 6.30.